The lowest BCUT2D eigenvalue weighted by Gasteiger charge is -2.34. The van der Waals surface area contributed by atoms with E-state index in [0.717, 1.165) is 3.57 Å². The van der Waals surface area contributed by atoms with Crippen LogP contribution in [0.2, 0.25) is 0 Å². The van der Waals surface area contributed by atoms with Crippen molar-refractivity contribution in [1.29, 1.82) is 0 Å². The van der Waals surface area contributed by atoms with Crippen LogP contribution in [0.5, 0.6) is 0 Å². The van der Waals surface area contributed by atoms with Crippen molar-refractivity contribution in [2.24, 2.45) is 5.73 Å². The number of nitrogens with one attached hydrogen (secondary N) is 1. The summed E-state index contributed by atoms with van der Waals surface area (Å²) in [7, 11) is 0. The van der Waals surface area contributed by atoms with Crippen LogP contribution in [0.15, 0.2) is 24.3 Å². The Morgan fingerprint density at radius 1 is 1.39 bits per heavy atom. The summed E-state index contributed by atoms with van der Waals surface area (Å²) in [6.45, 7) is 1.60. The number of nitrogens with two attached hydrogens (primary N) is 1. The van der Waals surface area contributed by atoms with Crippen LogP contribution in [-0.4, -0.2) is 42.4 Å². The van der Waals surface area contributed by atoms with Crippen molar-refractivity contribution in [2.75, 3.05) is 19.6 Å². The molecule has 96 valence electrons. The number of amides is 2. The van der Waals surface area contributed by atoms with Crippen molar-refractivity contribution in [2.45, 2.75) is 6.04 Å². The zero-order chi connectivity index (χ0) is 13.1. The predicted octanol–water partition coefficient (Wildman–Crippen LogP) is 0.191. The lowest BCUT2D eigenvalue weighted by Crippen LogP contribution is -2.58. The third-order valence-electron chi connectivity index (χ3n) is 2.94. The average Bonchev–Trinajstić information content (AvgIpc) is 2.38. The number of benzene rings is 1. The highest BCUT2D eigenvalue weighted by Gasteiger charge is 2.31. The number of halogens is 1. The molecule has 2 amide bonds. The number of rotatable bonds is 2. The van der Waals surface area contributed by atoms with Gasteiger partial charge < -0.3 is 16.0 Å². The molecule has 6 heteroatoms. The molecular weight excluding hydrogens is 345 g/mol. The van der Waals surface area contributed by atoms with Crippen molar-refractivity contribution in [3.63, 3.8) is 0 Å². The van der Waals surface area contributed by atoms with Gasteiger partial charge in [0.2, 0.25) is 5.91 Å². The Kier molecular flexibility index (Phi) is 4.18. The minimum absolute atomic E-state index is 0.134. The van der Waals surface area contributed by atoms with Gasteiger partial charge in [-0.2, -0.15) is 0 Å². The molecule has 1 heterocycles. The first-order chi connectivity index (χ1) is 8.61. The molecule has 5 nitrogen and oxygen atoms in total. The van der Waals surface area contributed by atoms with Gasteiger partial charge in [0.05, 0.1) is 5.56 Å². The quantitative estimate of drug-likeness (QED) is 0.741. The first kappa shape index (κ1) is 13.3. The van der Waals surface area contributed by atoms with E-state index in [1.54, 1.807) is 11.0 Å². The molecule has 1 fully saturated rings. The zero-order valence-electron chi connectivity index (χ0n) is 9.73. The van der Waals surface area contributed by atoms with E-state index in [1.807, 2.05) is 18.2 Å². The summed E-state index contributed by atoms with van der Waals surface area (Å²) in [4.78, 5) is 25.3. The monoisotopic (exact) mass is 359 g/mol. The highest BCUT2D eigenvalue weighted by molar-refractivity contribution is 14.1. The van der Waals surface area contributed by atoms with Crippen molar-refractivity contribution >= 4 is 34.4 Å². The van der Waals surface area contributed by atoms with Gasteiger partial charge in [-0.3, -0.25) is 9.59 Å². The molecule has 0 bridgehead atoms. The van der Waals surface area contributed by atoms with Crippen LogP contribution in [0.25, 0.3) is 0 Å². The van der Waals surface area contributed by atoms with Crippen LogP contribution in [0.3, 0.4) is 0 Å². The molecule has 18 heavy (non-hydrogen) atoms. The molecule has 0 aromatic heterocycles. The van der Waals surface area contributed by atoms with E-state index in [9.17, 15) is 9.59 Å². The summed E-state index contributed by atoms with van der Waals surface area (Å²) in [5, 5.41) is 3.07. The summed E-state index contributed by atoms with van der Waals surface area (Å²) in [5.74, 6) is -0.605. The summed E-state index contributed by atoms with van der Waals surface area (Å²) in [6, 6.07) is 6.76. The average molecular weight is 359 g/mol. The van der Waals surface area contributed by atoms with Gasteiger partial charge in [0.15, 0.2) is 0 Å². The van der Waals surface area contributed by atoms with E-state index in [4.69, 9.17) is 5.73 Å². The Morgan fingerprint density at radius 2 is 2.11 bits per heavy atom. The summed E-state index contributed by atoms with van der Waals surface area (Å²) < 4.78 is 0.877. The fourth-order valence-electron chi connectivity index (χ4n) is 1.99. The standard InChI is InChI=1S/C12H14IN3O2/c13-9-4-2-1-3-8(9)12(18)16-6-5-15-7-10(16)11(14)17/h1-4,10,15H,5-7H2,(H2,14,17). The third-order valence-corrected chi connectivity index (χ3v) is 3.88. The van der Waals surface area contributed by atoms with Crippen molar-refractivity contribution < 1.29 is 9.59 Å². The Hall–Kier alpha value is -1.15. The lowest BCUT2D eigenvalue weighted by atomic mass is 10.1. The van der Waals surface area contributed by atoms with Crippen molar-refractivity contribution in [1.82, 2.24) is 10.2 Å². The molecule has 0 saturated carbocycles. The molecule has 0 radical (unpaired) electrons. The van der Waals surface area contributed by atoms with Crippen LogP contribution in [0, 0.1) is 3.57 Å². The molecule has 0 spiro atoms. The normalized spacial score (nSPS) is 19.6. The van der Waals surface area contributed by atoms with E-state index in [0.29, 0.717) is 25.2 Å². The molecule has 2 rings (SSSR count). The lowest BCUT2D eigenvalue weighted by molar-refractivity contribution is -0.122. The highest BCUT2D eigenvalue weighted by atomic mass is 127. The molecule has 0 aliphatic carbocycles. The molecule has 1 unspecified atom stereocenters. The largest absolute Gasteiger partial charge is 0.368 e. The minimum atomic E-state index is -0.567. The van der Waals surface area contributed by atoms with E-state index in [1.165, 1.54) is 0 Å². The topological polar surface area (TPSA) is 75.4 Å². The predicted molar refractivity (Wildman–Crippen MR) is 76.0 cm³/mol. The van der Waals surface area contributed by atoms with Crippen LogP contribution in [-0.2, 0) is 4.79 Å². The molecular formula is C12H14IN3O2. The fraction of sp³-hybridized carbons (Fsp3) is 0.333. The Labute approximate surface area is 119 Å². The van der Waals surface area contributed by atoms with Crippen LogP contribution in [0.1, 0.15) is 10.4 Å². The molecule has 1 aromatic carbocycles. The SMILES string of the molecule is NC(=O)C1CNCCN1C(=O)c1ccccc1I. The van der Waals surface area contributed by atoms with Gasteiger partial charge in [-0.25, -0.2) is 0 Å². The summed E-state index contributed by atoms with van der Waals surface area (Å²) in [6.07, 6.45) is 0. The number of hydrogen-bond acceptors (Lipinski definition) is 3. The smallest absolute Gasteiger partial charge is 0.255 e. The van der Waals surface area contributed by atoms with Gasteiger partial charge in [-0.1, -0.05) is 12.1 Å². The first-order valence-electron chi connectivity index (χ1n) is 5.67. The highest BCUT2D eigenvalue weighted by Crippen LogP contribution is 2.16. The second-order valence-electron chi connectivity index (χ2n) is 4.10. The van der Waals surface area contributed by atoms with E-state index < -0.39 is 11.9 Å². The van der Waals surface area contributed by atoms with Crippen LogP contribution >= 0.6 is 22.6 Å². The van der Waals surface area contributed by atoms with Crippen molar-refractivity contribution in [3.8, 4) is 0 Å². The number of carbonyl (C=O) groups is 2. The molecule has 1 aliphatic rings. The maximum Gasteiger partial charge on any atom is 0.255 e. The van der Waals surface area contributed by atoms with Crippen LogP contribution in [0.4, 0.5) is 0 Å². The number of carbonyl (C=O) groups excluding carboxylic acids is 2. The van der Waals surface area contributed by atoms with Gasteiger partial charge in [0.1, 0.15) is 6.04 Å². The number of piperazine rings is 1. The molecule has 1 aliphatic heterocycles. The molecule has 1 aromatic rings. The fourth-order valence-corrected chi connectivity index (χ4v) is 2.61. The minimum Gasteiger partial charge on any atom is -0.368 e. The number of nitrogens with zero attached hydrogens (tertiary/aromatic N) is 1. The molecule has 3 N–H and O–H groups in total. The van der Waals surface area contributed by atoms with Gasteiger partial charge in [0.25, 0.3) is 5.91 Å². The second kappa shape index (κ2) is 5.66. The Bertz CT molecular complexity index is 478. The van der Waals surface area contributed by atoms with Gasteiger partial charge in [-0.15, -0.1) is 0 Å². The zero-order valence-corrected chi connectivity index (χ0v) is 11.9. The number of primary amides is 1. The van der Waals surface area contributed by atoms with Gasteiger partial charge in [-0.05, 0) is 34.7 Å². The van der Waals surface area contributed by atoms with Crippen molar-refractivity contribution in [3.05, 3.63) is 33.4 Å². The molecule has 1 atom stereocenters. The maximum atomic E-state index is 12.4. The molecule has 1 saturated heterocycles. The Morgan fingerprint density at radius 3 is 2.78 bits per heavy atom. The van der Waals surface area contributed by atoms with E-state index in [2.05, 4.69) is 27.9 Å². The Balaban J connectivity index is 2.27. The second-order valence-corrected chi connectivity index (χ2v) is 5.26. The first-order valence-corrected chi connectivity index (χ1v) is 6.74. The van der Waals surface area contributed by atoms with Crippen LogP contribution < -0.4 is 11.1 Å². The van der Waals surface area contributed by atoms with E-state index in [-0.39, 0.29) is 5.91 Å². The maximum absolute atomic E-state index is 12.4. The summed E-state index contributed by atoms with van der Waals surface area (Å²) >= 11 is 2.12. The number of hydrogen-bond donors (Lipinski definition) is 2. The van der Waals surface area contributed by atoms with Gasteiger partial charge in [0, 0.05) is 23.2 Å². The van der Waals surface area contributed by atoms with E-state index >= 15 is 0 Å². The van der Waals surface area contributed by atoms with Gasteiger partial charge >= 0.3 is 0 Å². The third kappa shape index (κ3) is 2.64. The summed E-state index contributed by atoms with van der Waals surface area (Å²) in [5.41, 5.74) is 5.95.